The van der Waals surface area contributed by atoms with Crippen LogP contribution in [0.2, 0.25) is 0 Å². The fourth-order valence-electron chi connectivity index (χ4n) is 1.16. The highest BCUT2D eigenvalue weighted by Crippen LogP contribution is 2.21. The highest BCUT2D eigenvalue weighted by molar-refractivity contribution is 7.12. The molecule has 0 amide bonds. The van der Waals surface area contributed by atoms with Crippen LogP contribution in [0.15, 0.2) is 6.07 Å². The van der Waals surface area contributed by atoms with Gasteiger partial charge in [-0.1, -0.05) is 13.3 Å². The Morgan fingerprint density at radius 2 is 2.10 bits per heavy atom. The van der Waals surface area contributed by atoms with E-state index in [2.05, 4.69) is 26.8 Å². The van der Waals surface area contributed by atoms with Gasteiger partial charge in [0.15, 0.2) is 0 Å². The van der Waals surface area contributed by atoms with Crippen molar-refractivity contribution in [2.24, 2.45) is 0 Å². The van der Waals surface area contributed by atoms with E-state index in [1.54, 1.807) is 4.88 Å². The van der Waals surface area contributed by atoms with Gasteiger partial charge in [0.1, 0.15) is 0 Å². The lowest BCUT2D eigenvalue weighted by Gasteiger charge is -1.92. The molecule has 0 saturated heterocycles. The zero-order valence-electron chi connectivity index (χ0n) is 6.90. The summed E-state index contributed by atoms with van der Waals surface area (Å²) in [5.41, 5.74) is 1.48. The van der Waals surface area contributed by atoms with Gasteiger partial charge in [-0.3, -0.25) is 0 Å². The molecule has 56 valence electrons. The van der Waals surface area contributed by atoms with Gasteiger partial charge in [-0.25, -0.2) is 0 Å². The third kappa shape index (κ3) is 1.60. The Labute approximate surface area is 66.9 Å². The second kappa shape index (κ2) is 3.20. The minimum Gasteiger partial charge on any atom is -0.145 e. The first-order chi connectivity index (χ1) is 4.74. The molecule has 0 radical (unpaired) electrons. The van der Waals surface area contributed by atoms with Crippen LogP contribution in [-0.2, 0) is 6.42 Å². The lowest BCUT2D eigenvalue weighted by atomic mass is 10.2. The maximum absolute atomic E-state index is 2.27. The number of aryl methyl sites for hydroxylation is 3. The standard InChI is InChI=1S/C9H14S/c1-4-5-9-7(2)6-8(3)10-9/h6H,4-5H2,1-3H3. The molecule has 0 aliphatic heterocycles. The minimum atomic E-state index is 1.25. The van der Waals surface area contributed by atoms with Gasteiger partial charge >= 0.3 is 0 Å². The third-order valence-corrected chi connectivity index (χ3v) is 2.83. The molecule has 0 nitrogen and oxygen atoms in total. The predicted molar refractivity (Wildman–Crippen MR) is 47.8 cm³/mol. The lowest BCUT2D eigenvalue weighted by molar-refractivity contribution is 0.933. The Bertz CT molecular complexity index is 211. The molecular formula is C9H14S. The van der Waals surface area contributed by atoms with E-state index in [0.29, 0.717) is 0 Å². The van der Waals surface area contributed by atoms with Gasteiger partial charge < -0.3 is 0 Å². The number of thiophene rings is 1. The van der Waals surface area contributed by atoms with Gasteiger partial charge in [0.25, 0.3) is 0 Å². The average Bonchev–Trinajstić information content (AvgIpc) is 2.13. The zero-order valence-corrected chi connectivity index (χ0v) is 7.72. The lowest BCUT2D eigenvalue weighted by Crippen LogP contribution is -1.78. The van der Waals surface area contributed by atoms with Gasteiger partial charge in [0.2, 0.25) is 0 Å². The molecule has 1 rings (SSSR count). The van der Waals surface area contributed by atoms with E-state index < -0.39 is 0 Å². The van der Waals surface area contributed by atoms with Crippen molar-refractivity contribution < 1.29 is 0 Å². The minimum absolute atomic E-state index is 1.25. The SMILES string of the molecule is CCCc1sc(C)cc1C. The molecule has 0 saturated carbocycles. The van der Waals surface area contributed by atoms with Crippen LogP contribution in [0, 0.1) is 13.8 Å². The van der Waals surface area contributed by atoms with Crippen molar-refractivity contribution in [3.8, 4) is 0 Å². The van der Waals surface area contributed by atoms with E-state index >= 15 is 0 Å². The molecular weight excluding hydrogens is 140 g/mol. The van der Waals surface area contributed by atoms with Crippen LogP contribution in [0.5, 0.6) is 0 Å². The van der Waals surface area contributed by atoms with E-state index in [1.165, 1.54) is 23.3 Å². The summed E-state index contributed by atoms with van der Waals surface area (Å²) < 4.78 is 0. The Balaban J connectivity index is 2.81. The Hall–Kier alpha value is -0.300. The summed E-state index contributed by atoms with van der Waals surface area (Å²) in [6, 6.07) is 2.27. The van der Waals surface area contributed by atoms with Crippen molar-refractivity contribution >= 4 is 11.3 Å². The van der Waals surface area contributed by atoms with E-state index in [1.807, 2.05) is 11.3 Å². The molecule has 0 aromatic carbocycles. The molecule has 0 unspecified atom stereocenters. The van der Waals surface area contributed by atoms with Gasteiger partial charge in [-0.2, -0.15) is 0 Å². The van der Waals surface area contributed by atoms with Gasteiger partial charge in [-0.15, -0.1) is 11.3 Å². The van der Waals surface area contributed by atoms with Crippen molar-refractivity contribution in [1.82, 2.24) is 0 Å². The molecule has 0 bridgehead atoms. The molecule has 1 heterocycles. The van der Waals surface area contributed by atoms with Crippen molar-refractivity contribution in [3.63, 3.8) is 0 Å². The third-order valence-electron chi connectivity index (χ3n) is 1.62. The van der Waals surface area contributed by atoms with Crippen molar-refractivity contribution in [1.29, 1.82) is 0 Å². The predicted octanol–water partition coefficient (Wildman–Crippen LogP) is 3.32. The van der Waals surface area contributed by atoms with Crippen molar-refractivity contribution in [2.75, 3.05) is 0 Å². The fourth-order valence-corrected chi connectivity index (χ4v) is 2.32. The Morgan fingerprint density at radius 1 is 1.40 bits per heavy atom. The largest absolute Gasteiger partial charge is 0.145 e. The topological polar surface area (TPSA) is 0 Å². The highest BCUT2D eigenvalue weighted by atomic mass is 32.1. The van der Waals surface area contributed by atoms with Gasteiger partial charge in [0, 0.05) is 9.75 Å². The Morgan fingerprint density at radius 3 is 2.50 bits per heavy atom. The number of rotatable bonds is 2. The maximum Gasteiger partial charge on any atom is 0.00771 e. The molecule has 1 heteroatoms. The summed E-state index contributed by atoms with van der Waals surface area (Å²) in [4.78, 5) is 3.01. The molecule has 0 spiro atoms. The van der Waals surface area contributed by atoms with Crippen LogP contribution in [0.4, 0.5) is 0 Å². The van der Waals surface area contributed by atoms with E-state index in [9.17, 15) is 0 Å². The van der Waals surface area contributed by atoms with E-state index in [0.717, 1.165) is 0 Å². The van der Waals surface area contributed by atoms with E-state index in [4.69, 9.17) is 0 Å². The summed E-state index contributed by atoms with van der Waals surface area (Å²) in [7, 11) is 0. The first-order valence-electron chi connectivity index (χ1n) is 3.80. The second-order valence-corrected chi connectivity index (χ2v) is 4.05. The summed E-state index contributed by atoms with van der Waals surface area (Å²) >= 11 is 1.94. The van der Waals surface area contributed by atoms with Crippen LogP contribution in [0.1, 0.15) is 28.7 Å². The first-order valence-corrected chi connectivity index (χ1v) is 4.61. The molecule has 0 fully saturated rings. The first kappa shape index (κ1) is 7.80. The van der Waals surface area contributed by atoms with Crippen LogP contribution in [-0.4, -0.2) is 0 Å². The molecule has 0 aliphatic carbocycles. The van der Waals surface area contributed by atoms with Crippen LogP contribution in [0.25, 0.3) is 0 Å². The smallest absolute Gasteiger partial charge is 0.00771 e. The number of hydrogen-bond acceptors (Lipinski definition) is 1. The highest BCUT2D eigenvalue weighted by Gasteiger charge is 1.99. The Kier molecular flexibility index (Phi) is 2.50. The molecule has 0 N–H and O–H groups in total. The molecule has 1 aromatic heterocycles. The maximum atomic E-state index is 2.27. The molecule has 1 aromatic rings. The zero-order chi connectivity index (χ0) is 7.56. The van der Waals surface area contributed by atoms with Gasteiger partial charge in [-0.05, 0) is 31.9 Å². The van der Waals surface area contributed by atoms with Crippen molar-refractivity contribution in [3.05, 3.63) is 21.4 Å². The summed E-state index contributed by atoms with van der Waals surface area (Å²) in [5, 5.41) is 0. The van der Waals surface area contributed by atoms with Crippen LogP contribution >= 0.6 is 11.3 Å². The monoisotopic (exact) mass is 154 g/mol. The molecule has 0 atom stereocenters. The average molecular weight is 154 g/mol. The van der Waals surface area contributed by atoms with Crippen molar-refractivity contribution in [2.45, 2.75) is 33.6 Å². The normalized spacial score (nSPS) is 10.3. The number of hydrogen-bond donors (Lipinski definition) is 0. The fraction of sp³-hybridized carbons (Fsp3) is 0.556. The second-order valence-electron chi connectivity index (χ2n) is 2.71. The molecule has 0 aliphatic rings. The summed E-state index contributed by atoms with van der Waals surface area (Å²) in [6.45, 7) is 6.61. The quantitative estimate of drug-likeness (QED) is 0.613. The van der Waals surface area contributed by atoms with Gasteiger partial charge in [0.05, 0.1) is 0 Å². The van der Waals surface area contributed by atoms with E-state index in [-0.39, 0.29) is 0 Å². The van der Waals surface area contributed by atoms with Crippen LogP contribution in [0.3, 0.4) is 0 Å². The summed E-state index contributed by atoms with van der Waals surface area (Å²) in [6.07, 6.45) is 2.52. The molecule has 10 heavy (non-hydrogen) atoms. The van der Waals surface area contributed by atoms with Crippen LogP contribution < -0.4 is 0 Å². The summed E-state index contributed by atoms with van der Waals surface area (Å²) in [5.74, 6) is 0.